The van der Waals surface area contributed by atoms with Crippen LogP contribution in [0.25, 0.3) is 0 Å². The number of ether oxygens (including phenoxy) is 2. The van der Waals surface area contributed by atoms with Gasteiger partial charge in [-0.15, -0.1) is 0 Å². The summed E-state index contributed by atoms with van der Waals surface area (Å²) in [6.07, 6.45) is 3.80. The lowest BCUT2D eigenvalue weighted by Crippen LogP contribution is -2.44. The van der Waals surface area contributed by atoms with Gasteiger partial charge >= 0.3 is 5.97 Å². The van der Waals surface area contributed by atoms with Gasteiger partial charge in [0, 0.05) is 23.1 Å². The number of piperidine rings is 1. The van der Waals surface area contributed by atoms with Gasteiger partial charge in [0.05, 0.1) is 13.0 Å². The van der Waals surface area contributed by atoms with E-state index in [2.05, 4.69) is 4.90 Å². The van der Waals surface area contributed by atoms with Crippen molar-refractivity contribution in [2.75, 3.05) is 26.2 Å². The minimum Gasteiger partial charge on any atom is -0.489 e. The summed E-state index contributed by atoms with van der Waals surface area (Å²) in [5, 5.41) is 8.89. The van der Waals surface area contributed by atoms with E-state index in [1.807, 2.05) is 12.1 Å². The Morgan fingerprint density at radius 3 is 2.69 bits per heavy atom. The number of carboxylic acids is 1. The molecule has 0 atom stereocenters. The fraction of sp³-hybridized carbons (Fsp3) is 0.480. The Labute approximate surface area is 185 Å². The summed E-state index contributed by atoms with van der Waals surface area (Å²) in [5.74, 6) is -0.965. The molecule has 5 nitrogen and oxygen atoms in total. The van der Waals surface area contributed by atoms with Gasteiger partial charge in [-0.25, -0.2) is 4.39 Å². The molecule has 0 unspecified atom stereocenters. The van der Waals surface area contributed by atoms with E-state index in [0.29, 0.717) is 24.6 Å². The highest BCUT2D eigenvalue weighted by Crippen LogP contribution is 2.48. The average Bonchev–Trinajstić information content (AvgIpc) is 3.57. The number of hydrogen-bond acceptors (Lipinski definition) is 4. The third-order valence-corrected chi connectivity index (χ3v) is 7.13. The predicted octanol–water partition coefficient (Wildman–Crippen LogP) is 4.62. The standard InChI is InChI=1S/C25H27F2NO4/c26-20-3-1-2-17(16-4-5-16)18(20)14-31-21-7-6-19-24(23(21)27)32-15-25(19)9-12-28(13-10-25)11-8-22(29)30/h1-3,6-7,16H,4-5,8-15H2,(H,29,30). The van der Waals surface area contributed by atoms with E-state index >= 15 is 4.39 Å². The van der Waals surface area contributed by atoms with Gasteiger partial charge in [0.1, 0.15) is 12.4 Å². The molecule has 2 aromatic carbocycles. The summed E-state index contributed by atoms with van der Waals surface area (Å²) in [5.41, 5.74) is 2.06. The number of likely N-dealkylation sites (tertiary alicyclic amines) is 1. The van der Waals surface area contributed by atoms with Crippen LogP contribution >= 0.6 is 0 Å². The Morgan fingerprint density at radius 1 is 1.19 bits per heavy atom. The fourth-order valence-electron chi connectivity index (χ4n) is 5.02. The smallest absolute Gasteiger partial charge is 0.304 e. The highest BCUT2D eigenvalue weighted by Gasteiger charge is 2.44. The van der Waals surface area contributed by atoms with Gasteiger partial charge in [0.15, 0.2) is 11.5 Å². The molecule has 3 aliphatic rings. The molecule has 2 aromatic rings. The van der Waals surface area contributed by atoms with E-state index in [9.17, 15) is 9.18 Å². The molecule has 1 saturated carbocycles. The monoisotopic (exact) mass is 443 g/mol. The zero-order valence-electron chi connectivity index (χ0n) is 17.9. The Morgan fingerprint density at radius 2 is 1.97 bits per heavy atom. The van der Waals surface area contributed by atoms with Gasteiger partial charge < -0.3 is 19.5 Å². The number of aliphatic carboxylic acids is 1. The van der Waals surface area contributed by atoms with Crippen molar-refractivity contribution >= 4 is 5.97 Å². The molecule has 32 heavy (non-hydrogen) atoms. The molecule has 0 amide bonds. The predicted molar refractivity (Wildman–Crippen MR) is 114 cm³/mol. The summed E-state index contributed by atoms with van der Waals surface area (Å²) >= 11 is 0. The molecule has 0 bridgehead atoms. The maximum atomic E-state index is 15.3. The number of carboxylic acid groups (broad SMARTS) is 1. The first-order valence-corrected chi connectivity index (χ1v) is 11.3. The third-order valence-electron chi connectivity index (χ3n) is 7.13. The van der Waals surface area contributed by atoms with Crippen LogP contribution in [-0.4, -0.2) is 42.2 Å². The summed E-state index contributed by atoms with van der Waals surface area (Å²) < 4.78 is 41.2. The quantitative estimate of drug-likeness (QED) is 0.677. The van der Waals surface area contributed by atoms with Crippen molar-refractivity contribution < 1.29 is 28.2 Å². The number of rotatable bonds is 7. The Kier molecular flexibility index (Phi) is 5.53. The van der Waals surface area contributed by atoms with Crippen LogP contribution in [-0.2, 0) is 16.8 Å². The zero-order chi connectivity index (χ0) is 22.3. The van der Waals surface area contributed by atoms with E-state index in [1.165, 1.54) is 6.07 Å². The molecule has 2 aliphatic heterocycles. The molecule has 1 N–H and O–H groups in total. The van der Waals surface area contributed by atoms with Crippen LogP contribution in [0.2, 0.25) is 0 Å². The number of fused-ring (bicyclic) bond motifs is 2. The van der Waals surface area contributed by atoms with Crippen molar-refractivity contribution in [2.24, 2.45) is 0 Å². The third kappa shape index (κ3) is 3.94. The molecule has 2 heterocycles. The van der Waals surface area contributed by atoms with Crippen LogP contribution in [0.15, 0.2) is 30.3 Å². The summed E-state index contributed by atoms with van der Waals surface area (Å²) in [6, 6.07) is 8.55. The molecule has 2 fully saturated rings. The van der Waals surface area contributed by atoms with Crippen molar-refractivity contribution in [3.63, 3.8) is 0 Å². The normalized spacial score (nSPS) is 19.6. The largest absolute Gasteiger partial charge is 0.489 e. The molecule has 0 radical (unpaired) electrons. The summed E-state index contributed by atoms with van der Waals surface area (Å²) in [7, 11) is 0. The lowest BCUT2D eigenvalue weighted by molar-refractivity contribution is -0.137. The number of halogens is 2. The molecule has 0 aromatic heterocycles. The Balaban J connectivity index is 1.29. The van der Waals surface area contributed by atoms with Crippen LogP contribution in [0.3, 0.4) is 0 Å². The van der Waals surface area contributed by atoms with Crippen molar-refractivity contribution in [1.29, 1.82) is 0 Å². The van der Waals surface area contributed by atoms with Crippen molar-refractivity contribution in [2.45, 2.75) is 50.0 Å². The van der Waals surface area contributed by atoms with E-state index in [0.717, 1.165) is 49.9 Å². The van der Waals surface area contributed by atoms with Crippen molar-refractivity contribution in [3.05, 3.63) is 58.7 Å². The fourth-order valence-corrected chi connectivity index (χ4v) is 5.02. The molecular weight excluding hydrogens is 416 g/mol. The van der Waals surface area contributed by atoms with E-state index < -0.39 is 11.8 Å². The molecule has 170 valence electrons. The van der Waals surface area contributed by atoms with E-state index in [-0.39, 0.29) is 35.8 Å². The molecule has 7 heteroatoms. The second kappa shape index (κ2) is 8.35. The van der Waals surface area contributed by atoms with Crippen LogP contribution in [0.1, 0.15) is 54.7 Å². The molecule has 5 rings (SSSR count). The van der Waals surface area contributed by atoms with Gasteiger partial charge in [-0.2, -0.15) is 4.39 Å². The number of benzene rings is 2. The molecule has 1 aliphatic carbocycles. The second-order valence-corrected chi connectivity index (χ2v) is 9.18. The van der Waals surface area contributed by atoms with E-state index in [1.54, 1.807) is 12.1 Å². The zero-order valence-corrected chi connectivity index (χ0v) is 17.9. The van der Waals surface area contributed by atoms with Crippen LogP contribution in [0.4, 0.5) is 8.78 Å². The van der Waals surface area contributed by atoms with Gasteiger partial charge in [0.25, 0.3) is 0 Å². The van der Waals surface area contributed by atoms with E-state index in [4.69, 9.17) is 14.6 Å². The lowest BCUT2D eigenvalue weighted by Gasteiger charge is -2.38. The SMILES string of the molecule is O=C(O)CCN1CCC2(CC1)COc1c2ccc(OCc2c(F)cccc2C2CC2)c1F. The second-order valence-electron chi connectivity index (χ2n) is 9.18. The Hall–Kier alpha value is -2.67. The van der Waals surface area contributed by atoms with Gasteiger partial charge in [-0.3, -0.25) is 4.79 Å². The first kappa shape index (κ1) is 21.2. The summed E-state index contributed by atoms with van der Waals surface area (Å²) in [4.78, 5) is 13.0. The summed E-state index contributed by atoms with van der Waals surface area (Å²) in [6.45, 7) is 2.44. The molecule has 1 spiro atoms. The van der Waals surface area contributed by atoms with Crippen LogP contribution in [0, 0.1) is 11.6 Å². The number of nitrogens with zero attached hydrogens (tertiary/aromatic N) is 1. The molecule has 1 saturated heterocycles. The van der Waals surface area contributed by atoms with Crippen molar-refractivity contribution in [1.82, 2.24) is 4.90 Å². The minimum atomic E-state index is -0.797. The number of hydrogen-bond donors (Lipinski definition) is 1. The van der Waals surface area contributed by atoms with Gasteiger partial charge in [-0.1, -0.05) is 18.2 Å². The highest BCUT2D eigenvalue weighted by molar-refractivity contribution is 5.66. The maximum absolute atomic E-state index is 15.3. The maximum Gasteiger partial charge on any atom is 0.304 e. The van der Waals surface area contributed by atoms with Crippen molar-refractivity contribution in [3.8, 4) is 11.5 Å². The van der Waals surface area contributed by atoms with Crippen LogP contribution in [0.5, 0.6) is 11.5 Å². The minimum absolute atomic E-state index is 0.0160. The first-order chi connectivity index (χ1) is 15.5. The lowest BCUT2D eigenvalue weighted by atomic mass is 9.74. The Bertz CT molecular complexity index is 1030. The first-order valence-electron chi connectivity index (χ1n) is 11.3. The van der Waals surface area contributed by atoms with Gasteiger partial charge in [-0.05, 0) is 62.4 Å². The topological polar surface area (TPSA) is 59.0 Å². The molecular formula is C25H27F2NO4. The van der Waals surface area contributed by atoms with Gasteiger partial charge in [0.2, 0.25) is 5.82 Å². The average molecular weight is 443 g/mol. The van der Waals surface area contributed by atoms with Crippen LogP contribution < -0.4 is 9.47 Å². The highest BCUT2D eigenvalue weighted by atomic mass is 19.1. The number of carbonyl (C=O) groups is 1.